The van der Waals surface area contributed by atoms with Crippen molar-refractivity contribution in [1.82, 2.24) is 4.90 Å². The van der Waals surface area contributed by atoms with Crippen LogP contribution in [0.3, 0.4) is 0 Å². The zero-order valence-corrected chi connectivity index (χ0v) is 7.13. The van der Waals surface area contributed by atoms with Crippen molar-refractivity contribution in [3.63, 3.8) is 0 Å². The molecule has 3 nitrogen and oxygen atoms in total. The maximum atomic E-state index is 11.5. The first-order valence-electron chi connectivity index (χ1n) is 3.57. The van der Waals surface area contributed by atoms with Crippen molar-refractivity contribution in [3.05, 3.63) is 12.3 Å². The topological polar surface area (TPSA) is 29.5 Å². The van der Waals surface area contributed by atoms with E-state index in [1.165, 1.54) is 0 Å². The fourth-order valence-corrected chi connectivity index (χ4v) is 1.11. The number of amides is 1. The van der Waals surface area contributed by atoms with Gasteiger partial charge < -0.3 is 9.64 Å². The lowest BCUT2D eigenvalue weighted by molar-refractivity contribution is -0.136. The Hall–Kier alpha value is -0.990. The lowest BCUT2D eigenvalue weighted by Crippen LogP contribution is -2.37. The standard InChI is InChI=1S/C8H13NO2/c1-8(4-5-11-6-8)7(10)9(2)3/h4-5H,6H2,1-3H3. The van der Waals surface area contributed by atoms with E-state index in [0.29, 0.717) is 6.61 Å². The Kier molecular flexibility index (Phi) is 1.89. The molecule has 0 spiro atoms. The average molecular weight is 155 g/mol. The smallest absolute Gasteiger partial charge is 0.235 e. The third-order valence-corrected chi connectivity index (χ3v) is 1.81. The summed E-state index contributed by atoms with van der Waals surface area (Å²) in [4.78, 5) is 13.0. The number of carbonyl (C=O) groups excluding carboxylic acids is 1. The van der Waals surface area contributed by atoms with Crippen LogP contribution >= 0.6 is 0 Å². The van der Waals surface area contributed by atoms with Crippen LogP contribution in [0.25, 0.3) is 0 Å². The van der Waals surface area contributed by atoms with Gasteiger partial charge in [0.2, 0.25) is 5.91 Å². The maximum Gasteiger partial charge on any atom is 0.235 e. The number of hydrogen-bond donors (Lipinski definition) is 0. The molecule has 11 heavy (non-hydrogen) atoms. The van der Waals surface area contributed by atoms with Gasteiger partial charge in [-0.25, -0.2) is 0 Å². The zero-order chi connectivity index (χ0) is 8.48. The summed E-state index contributed by atoms with van der Waals surface area (Å²) < 4.78 is 5.00. The van der Waals surface area contributed by atoms with Gasteiger partial charge in [0.15, 0.2) is 0 Å². The van der Waals surface area contributed by atoms with E-state index in [1.807, 2.05) is 6.92 Å². The highest BCUT2D eigenvalue weighted by atomic mass is 16.5. The molecule has 3 heteroatoms. The second kappa shape index (κ2) is 2.57. The molecule has 0 aromatic carbocycles. The van der Waals surface area contributed by atoms with Crippen molar-refractivity contribution in [2.24, 2.45) is 5.41 Å². The van der Waals surface area contributed by atoms with E-state index in [1.54, 1.807) is 31.3 Å². The molecular weight excluding hydrogens is 142 g/mol. The molecule has 1 rings (SSSR count). The maximum absolute atomic E-state index is 11.5. The van der Waals surface area contributed by atoms with Crippen LogP contribution in [0.5, 0.6) is 0 Å². The molecule has 1 aliphatic heterocycles. The fourth-order valence-electron chi connectivity index (χ4n) is 1.11. The Labute approximate surface area is 66.6 Å². The summed E-state index contributed by atoms with van der Waals surface area (Å²) in [7, 11) is 3.50. The molecule has 0 aromatic rings. The van der Waals surface area contributed by atoms with Crippen molar-refractivity contribution in [2.45, 2.75) is 6.92 Å². The molecule has 0 fully saturated rings. The van der Waals surface area contributed by atoms with Gasteiger partial charge in [-0.1, -0.05) is 0 Å². The molecule has 0 aromatic heterocycles. The van der Waals surface area contributed by atoms with Gasteiger partial charge in [0.25, 0.3) is 0 Å². The first-order chi connectivity index (χ1) is 5.06. The minimum absolute atomic E-state index is 0.0891. The predicted molar refractivity (Wildman–Crippen MR) is 41.9 cm³/mol. The highest BCUT2D eigenvalue weighted by Crippen LogP contribution is 2.25. The summed E-state index contributed by atoms with van der Waals surface area (Å²) in [6.45, 7) is 2.34. The highest BCUT2D eigenvalue weighted by molar-refractivity contribution is 5.84. The first-order valence-corrected chi connectivity index (χ1v) is 3.57. The van der Waals surface area contributed by atoms with Crippen molar-refractivity contribution in [1.29, 1.82) is 0 Å². The van der Waals surface area contributed by atoms with Crippen LogP contribution in [0.4, 0.5) is 0 Å². The van der Waals surface area contributed by atoms with Crippen molar-refractivity contribution in [2.75, 3.05) is 20.7 Å². The Morgan fingerprint density at radius 3 is 2.64 bits per heavy atom. The fraction of sp³-hybridized carbons (Fsp3) is 0.625. The summed E-state index contributed by atoms with van der Waals surface area (Å²) in [5, 5.41) is 0. The van der Waals surface area contributed by atoms with Crippen molar-refractivity contribution in [3.8, 4) is 0 Å². The van der Waals surface area contributed by atoms with Crippen molar-refractivity contribution < 1.29 is 9.53 Å². The minimum atomic E-state index is -0.441. The molecule has 1 unspecified atom stereocenters. The zero-order valence-electron chi connectivity index (χ0n) is 7.13. The van der Waals surface area contributed by atoms with E-state index in [9.17, 15) is 4.79 Å². The molecular formula is C8H13NO2. The van der Waals surface area contributed by atoms with Gasteiger partial charge >= 0.3 is 0 Å². The van der Waals surface area contributed by atoms with Gasteiger partial charge in [0, 0.05) is 14.1 Å². The van der Waals surface area contributed by atoms with E-state index in [-0.39, 0.29) is 5.91 Å². The van der Waals surface area contributed by atoms with Gasteiger partial charge in [-0.3, -0.25) is 4.79 Å². The first kappa shape index (κ1) is 8.11. The van der Waals surface area contributed by atoms with Crippen LogP contribution in [0.2, 0.25) is 0 Å². The molecule has 1 heterocycles. The number of carbonyl (C=O) groups is 1. The second-order valence-corrected chi connectivity index (χ2v) is 3.23. The lowest BCUT2D eigenvalue weighted by atomic mass is 9.91. The highest BCUT2D eigenvalue weighted by Gasteiger charge is 2.35. The van der Waals surface area contributed by atoms with E-state index in [0.717, 1.165) is 0 Å². The second-order valence-electron chi connectivity index (χ2n) is 3.23. The van der Waals surface area contributed by atoms with E-state index < -0.39 is 5.41 Å². The Balaban J connectivity index is 2.72. The van der Waals surface area contributed by atoms with E-state index in [2.05, 4.69) is 0 Å². The lowest BCUT2D eigenvalue weighted by Gasteiger charge is -2.22. The molecule has 0 saturated heterocycles. The van der Waals surface area contributed by atoms with Crippen LogP contribution in [-0.2, 0) is 9.53 Å². The summed E-state index contributed by atoms with van der Waals surface area (Å²) in [6.07, 6.45) is 3.39. The monoisotopic (exact) mass is 155 g/mol. The normalized spacial score (nSPS) is 28.3. The van der Waals surface area contributed by atoms with Gasteiger partial charge in [0.05, 0.1) is 6.26 Å². The summed E-state index contributed by atoms with van der Waals surface area (Å²) >= 11 is 0. The Morgan fingerprint density at radius 2 is 2.27 bits per heavy atom. The largest absolute Gasteiger partial charge is 0.500 e. The molecule has 1 aliphatic rings. The number of ether oxygens (including phenoxy) is 1. The Morgan fingerprint density at radius 1 is 1.64 bits per heavy atom. The van der Waals surface area contributed by atoms with Crippen LogP contribution in [0.1, 0.15) is 6.92 Å². The molecule has 0 aliphatic carbocycles. The van der Waals surface area contributed by atoms with Crippen LogP contribution in [0.15, 0.2) is 12.3 Å². The SMILES string of the molecule is CN(C)C(=O)C1(C)C=COC1. The number of nitrogens with zero attached hydrogens (tertiary/aromatic N) is 1. The predicted octanol–water partition coefficient (Wildman–Crippen LogP) is 0.625. The molecule has 0 radical (unpaired) electrons. The molecule has 1 atom stereocenters. The van der Waals surface area contributed by atoms with Crippen LogP contribution < -0.4 is 0 Å². The summed E-state index contributed by atoms with van der Waals surface area (Å²) in [5.41, 5.74) is -0.441. The number of hydrogen-bond acceptors (Lipinski definition) is 2. The average Bonchev–Trinajstić information content (AvgIpc) is 2.35. The quantitative estimate of drug-likeness (QED) is 0.555. The minimum Gasteiger partial charge on any atom is -0.500 e. The van der Waals surface area contributed by atoms with Crippen LogP contribution in [0, 0.1) is 5.41 Å². The van der Waals surface area contributed by atoms with E-state index >= 15 is 0 Å². The molecule has 0 saturated carbocycles. The van der Waals surface area contributed by atoms with Gasteiger partial charge in [-0.2, -0.15) is 0 Å². The summed E-state index contributed by atoms with van der Waals surface area (Å²) in [6, 6.07) is 0. The molecule has 62 valence electrons. The molecule has 0 bridgehead atoms. The molecule has 0 N–H and O–H groups in total. The third-order valence-electron chi connectivity index (χ3n) is 1.81. The molecule has 1 amide bonds. The van der Waals surface area contributed by atoms with Gasteiger partial charge in [-0.15, -0.1) is 0 Å². The van der Waals surface area contributed by atoms with Gasteiger partial charge in [-0.05, 0) is 13.0 Å². The third kappa shape index (κ3) is 1.37. The Bertz CT molecular complexity index is 198. The van der Waals surface area contributed by atoms with Crippen LogP contribution in [-0.4, -0.2) is 31.5 Å². The van der Waals surface area contributed by atoms with E-state index in [4.69, 9.17) is 4.74 Å². The van der Waals surface area contributed by atoms with Gasteiger partial charge in [0.1, 0.15) is 12.0 Å². The summed E-state index contributed by atoms with van der Waals surface area (Å²) in [5.74, 6) is 0.0891. The van der Waals surface area contributed by atoms with Crippen molar-refractivity contribution >= 4 is 5.91 Å². The number of rotatable bonds is 1.